The van der Waals surface area contributed by atoms with Crippen LogP contribution in [-0.2, 0) is 0 Å². The van der Waals surface area contributed by atoms with E-state index in [2.05, 4.69) is 66.9 Å². The molecule has 3 heteroatoms. The van der Waals surface area contributed by atoms with Gasteiger partial charge in [0.25, 0.3) is 5.91 Å². The summed E-state index contributed by atoms with van der Waals surface area (Å²) >= 11 is 0. The molecule has 3 nitrogen and oxygen atoms in total. The molecule has 2 aromatic rings. The molecule has 0 spiro atoms. The van der Waals surface area contributed by atoms with Gasteiger partial charge in [-0.05, 0) is 84.6 Å². The number of nitrogens with one attached hydrogen (secondary N) is 2. The van der Waals surface area contributed by atoms with E-state index in [4.69, 9.17) is 0 Å². The van der Waals surface area contributed by atoms with Crippen molar-refractivity contribution in [1.29, 1.82) is 0 Å². The van der Waals surface area contributed by atoms with Crippen molar-refractivity contribution < 1.29 is 4.79 Å². The molecule has 29 heavy (non-hydrogen) atoms. The molecule has 1 amide bonds. The van der Waals surface area contributed by atoms with Gasteiger partial charge in [0, 0.05) is 17.8 Å². The van der Waals surface area contributed by atoms with Crippen molar-refractivity contribution >= 4 is 11.6 Å². The molecule has 0 unspecified atom stereocenters. The smallest absolute Gasteiger partial charge is 0.251 e. The maximum absolute atomic E-state index is 12.7. The lowest BCUT2D eigenvalue weighted by atomic mass is 9.68. The Morgan fingerprint density at radius 2 is 1.90 bits per heavy atom. The Morgan fingerprint density at radius 3 is 2.69 bits per heavy atom. The zero-order chi connectivity index (χ0) is 20.0. The molecule has 5 atom stereocenters. The van der Waals surface area contributed by atoms with Gasteiger partial charge in [-0.15, -0.1) is 0 Å². The van der Waals surface area contributed by atoms with Crippen LogP contribution in [0.25, 0.3) is 0 Å². The number of hydrogen-bond donors (Lipinski definition) is 2. The van der Waals surface area contributed by atoms with E-state index >= 15 is 0 Å². The Balaban J connectivity index is 1.45. The normalized spacial score (nSPS) is 29.3. The molecular formula is C26H32N2O. The number of hydrogen-bond acceptors (Lipinski definition) is 2. The molecule has 152 valence electrons. The van der Waals surface area contributed by atoms with E-state index in [-0.39, 0.29) is 5.91 Å². The summed E-state index contributed by atoms with van der Waals surface area (Å²) in [7, 11) is 0. The lowest BCUT2D eigenvalue weighted by Gasteiger charge is -2.43. The molecule has 2 bridgehead atoms. The first-order valence-electron chi connectivity index (χ1n) is 11.4. The quantitative estimate of drug-likeness (QED) is 0.684. The molecule has 2 aromatic carbocycles. The van der Waals surface area contributed by atoms with Gasteiger partial charge >= 0.3 is 0 Å². The third kappa shape index (κ3) is 3.35. The van der Waals surface area contributed by atoms with Crippen LogP contribution >= 0.6 is 0 Å². The Kier molecular flexibility index (Phi) is 4.85. The highest BCUT2D eigenvalue weighted by molar-refractivity contribution is 5.95. The van der Waals surface area contributed by atoms with E-state index in [0.717, 1.165) is 30.4 Å². The minimum atomic E-state index is 0.0679. The fraction of sp³-hybridized carbons (Fsp3) is 0.500. The van der Waals surface area contributed by atoms with Gasteiger partial charge in [0.1, 0.15) is 0 Å². The van der Waals surface area contributed by atoms with Crippen molar-refractivity contribution in [1.82, 2.24) is 5.32 Å². The summed E-state index contributed by atoms with van der Waals surface area (Å²) in [6.07, 6.45) is 5.08. The lowest BCUT2D eigenvalue weighted by molar-refractivity contribution is 0.0951. The highest BCUT2D eigenvalue weighted by atomic mass is 16.1. The maximum atomic E-state index is 12.7. The van der Waals surface area contributed by atoms with Crippen LogP contribution in [0.3, 0.4) is 0 Å². The predicted molar refractivity (Wildman–Crippen MR) is 118 cm³/mol. The number of amides is 1. The summed E-state index contributed by atoms with van der Waals surface area (Å²) < 4.78 is 0. The molecule has 0 radical (unpaired) electrons. The molecule has 2 N–H and O–H groups in total. The molecule has 2 fully saturated rings. The van der Waals surface area contributed by atoms with Crippen LogP contribution < -0.4 is 10.6 Å². The first-order valence-corrected chi connectivity index (χ1v) is 11.4. The summed E-state index contributed by atoms with van der Waals surface area (Å²) in [5.74, 6) is 3.48. The highest BCUT2D eigenvalue weighted by Crippen LogP contribution is 2.63. The van der Waals surface area contributed by atoms with Crippen molar-refractivity contribution in [2.24, 2.45) is 23.7 Å². The third-order valence-electron chi connectivity index (χ3n) is 7.52. The zero-order valence-electron chi connectivity index (χ0n) is 17.5. The lowest BCUT2D eigenvalue weighted by Crippen LogP contribution is -2.35. The second-order valence-electron chi connectivity index (χ2n) is 9.71. The first-order chi connectivity index (χ1) is 14.1. The standard InChI is InChI=1S/C26H32N2O/c1-16(2)12-13-27-26(29)20-10-11-22-21(15-20)23-18-8-9-19(14-18)24(23)25(28-22)17-6-4-3-5-7-17/h3-7,10-11,15-16,18-19,23-25,28H,8-9,12-14H2,1-2H3,(H,27,29)/t18-,19-,23-,24-,25-/m0/s1. The van der Waals surface area contributed by atoms with Gasteiger partial charge in [-0.1, -0.05) is 44.2 Å². The van der Waals surface area contributed by atoms with Crippen LogP contribution in [0.2, 0.25) is 0 Å². The highest BCUT2D eigenvalue weighted by Gasteiger charge is 2.53. The van der Waals surface area contributed by atoms with Gasteiger partial charge in [-0.2, -0.15) is 0 Å². The Bertz CT molecular complexity index is 891. The number of anilines is 1. The van der Waals surface area contributed by atoms with Gasteiger partial charge in [0.2, 0.25) is 0 Å². The largest absolute Gasteiger partial charge is 0.378 e. The van der Waals surface area contributed by atoms with E-state index in [1.54, 1.807) is 0 Å². The minimum absolute atomic E-state index is 0.0679. The molecule has 0 aromatic heterocycles. The van der Waals surface area contributed by atoms with E-state index in [9.17, 15) is 4.79 Å². The Labute approximate surface area is 174 Å². The SMILES string of the molecule is CC(C)CCNC(=O)c1ccc2c(c1)[C@@H]1[C@H]3CC[C@@H](C3)[C@@H]1[C@H](c1ccccc1)N2. The number of carbonyl (C=O) groups is 1. The number of benzene rings is 2. The summed E-state index contributed by atoms with van der Waals surface area (Å²) in [5.41, 5.74) is 4.82. The van der Waals surface area contributed by atoms with Crippen molar-refractivity contribution in [2.75, 3.05) is 11.9 Å². The second-order valence-corrected chi connectivity index (χ2v) is 9.71. The second kappa shape index (κ2) is 7.51. The average Bonchev–Trinajstić information content (AvgIpc) is 3.36. The molecule has 1 heterocycles. The first kappa shape index (κ1) is 18.7. The minimum Gasteiger partial charge on any atom is -0.378 e. The summed E-state index contributed by atoms with van der Waals surface area (Å²) in [5, 5.41) is 6.97. The summed E-state index contributed by atoms with van der Waals surface area (Å²) in [6.45, 7) is 5.13. The average molecular weight is 389 g/mol. The number of fused-ring (bicyclic) bond motifs is 7. The summed E-state index contributed by atoms with van der Waals surface area (Å²) in [6, 6.07) is 17.6. The van der Waals surface area contributed by atoms with E-state index in [1.807, 2.05) is 6.07 Å². The summed E-state index contributed by atoms with van der Waals surface area (Å²) in [4.78, 5) is 12.7. The van der Waals surface area contributed by atoms with E-state index in [1.165, 1.54) is 36.1 Å². The van der Waals surface area contributed by atoms with Crippen LogP contribution in [-0.4, -0.2) is 12.5 Å². The topological polar surface area (TPSA) is 41.1 Å². The molecule has 1 aliphatic heterocycles. The number of rotatable bonds is 5. The molecular weight excluding hydrogens is 356 g/mol. The molecule has 2 saturated carbocycles. The third-order valence-corrected chi connectivity index (χ3v) is 7.52. The van der Waals surface area contributed by atoms with Gasteiger partial charge in [0.15, 0.2) is 0 Å². The van der Waals surface area contributed by atoms with Crippen LogP contribution in [0.5, 0.6) is 0 Å². The van der Waals surface area contributed by atoms with Crippen molar-refractivity contribution in [3.8, 4) is 0 Å². The van der Waals surface area contributed by atoms with E-state index < -0.39 is 0 Å². The Morgan fingerprint density at radius 1 is 1.10 bits per heavy atom. The van der Waals surface area contributed by atoms with Crippen LogP contribution in [0.15, 0.2) is 48.5 Å². The predicted octanol–water partition coefficient (Wildman–Crippen LogP) is 5.76. The van der Waals surface area contributed by atoms with Gasteiger partial charge in [0.05, 0.1) is 6.04 Å². The Hall–Kier alpha value is -2.29. The molecule has 2 aliphatic carbocycles. The molecule has 5 rings (SSSR count). The van der Waals surface area contributed by atoms with E-state index in [0.29, 0.717) is 23.8 Å². The van der Waals surface area contributed by atoms with Crippen molar-refractivity contribution in [3.63, 3.8) is 0 Å². The van der Waals surface area contributed by atoms with Crippen LogP contribution in [0.4, 0.5) is 5.69 Å². The van der Waals surface area contributed by atoms with Gasteiger partial charge in [-0.3, -0.25) is 4.79 Å². The molecule has 3 aliphatic rings. The maximum Gasteiger partial charge on any atom is 0.251 e. The van der Waals surface area contributed by atoms with Crippen molar-refractivity contribution in [3.05, 3.63) is 65.2 Å². The van der Waals surface area contributed by atoms with Gasteiger partial charge < -0.3 is 10.6 Å². The van der Waals surface area contributed by atoms with Crippen LogP contribution in [0, 0.1) is 23.7 Å². The molecule has 0 saturated heterocycles. The monoisotopic (exact) mass is 388 g/mol. The number of carbonyl (C=O) groups excluding carboxylic acids is 1. The fourth-order valence-corrected chi connectivity index (χ4v) is 6.19. The van der Waals surface area contributed by atoms with Crippen LogP contribution in [0.1, 0.15) is 73.0 Å². The van der Waals surface area contributed by atoms with Gasteiger partial charge in [-0.25, -0.2) is 0 Å². The van der Waals surface area contributed by atoms with Crippen molar-refractivity contribution in [2.45, 2.75) is 51.5 Å². The zero-order valence-corrected chi connectivity index (χ0v) is 17.5. The fourth-order valence-electron chi connectivity index (χ4n) is 6.19.